The van der Waals surface area contributed by atoms with Crippen LogP contribution in [0.15, 0.2) is 4.47 Å². The lowest BCUT2D eigenvalue weighted by molar-refractivity contribution is -0.148. The van der Waals surface area contributed by atoms with E-state index >= 15 is 0 Å². The highest BCUT2D eigenvalue weighted by Crippen LogP contribution is 2.21. The van der Waals surface area contributed by atoms with Gasteiger partial charge in [-0.1, -0.05) is 0 Å². The molecule has 0 fully saturated rings. The molecule has 1 atom stereocenters. The Bertz CT molecular complexity index is 499. The molecule has 1 aromatic rings. The van der Waals surface area contributed by atoms with Crippen molar-refractivity contribution in [1.29, 1.82) is 0 Å². The minimum absolute atomic E-state index is 0.217. The van der Waals surface area contributed by atoms with Gasteiger partial charge in [-0.3, -0.25) is 14.8 Å². The molecule has 1 N–H and O–H groups in total. The Labute approximate surface area is 135 Å². The predicted octanol–water partition coefficient (Wildman–Crippen LogP) is 2.97. The summed E-state index contributed by atoms with van der Waals surface area (Å²) in [7, 11) is 1.43. The Balaban J connectivity index is 2.69. The third-order valence-corrected chi connectivity index (χ3v) is 4.73. The average molecular weight is 360 g/mol. The van der Waals surface area contributed by atoms with E-state index in [0.29, 0.717) is 6.42 Å². The van der Waals surface area contributed by atoms with Gasteiger partial charge in [0.15, 0.2) is 0 Å². The van der Waals surface area contributed by atoms with Gasteiger partial charge >= 0.3 is 5.97 Å². The van der Waals surface area contributed by atoms with Crippen LogP contribution in [0.1, 0.15) is 45.0 Å². The fourth-order valence-electron chi connectivity index (χ4n) is 2.57. The molecule has 1 unspecified atom stereocenters. The number of methoxy groups -OCH3 is 1. The molecule has 0 aliphatic carbocycles. The molecule has 5 nitrogen and oxygen atoms in total. The van der Waals surface area contributed by atoms with Crippen molar-refractivity contribution in [2.24, 2.45) is 0 Å². The van der Waals surface area contributed by atoms with E-state index in [1.54, 1.807) is 0 Å². The zero-order valence-corrected chi connectivity index (χ0v) is 15.4. The largest absolute Gasteiger partial charge is 0.468 e. The van der Waals surface area contributed by atoms with Gasteiger partial charge in [0.1, 0.15) is 5.54 Å². The third-order valence-electron chi connectivity index (χ3n) is 3.58. The molecule has 1 heterocycles. The van der Waals surface area contributed by atoms with Crippen molar-refractivity contribution >= 4 is 21.9 Å². The normalized spacial score (nSPS) is 14.3. The van der Waals surface area contributed by atoms with E-state index in [-0.39, 0.29) is 12.0 Å². The van der Waals surface area contributed by atoms with Crippen LogP contribution in [0.2, 0.25) is 0 Å². The Kier molecular flexibility index (Phi) is 6.41. The number of hydrogen-bond acceptors (Lipinski definition) is 4. The minimum Gasteiger partial charge on any atom is -0.468 e. The number of nitrogens with zero attached hydrogens (tertiary/aromatic N) is 2. The predicted molar refractivity (Wildman–Crippen MR) is 87.3 cm³/mol. The summed E-state index contributed by atoms with van der Waals surface area (Å²) in [4.78, 5) is 12.0. The molecule has 0 saturated heterocycles. The molecule has 0 spiro atoms. The van der Waals surface area contributed by atoms with Crippen molar-refractivity contribution in [2.45, 2.75) is 65.6 Å². The quantitative estimate of drug-likeness (QED) is 0.760. The van der Waals surface area contributed by atoms with Gasteiger partial charge < -0.3 is 4.74 Å². The lowest BCUT2D eigenvalue weighted by Crippen LogP contribution is -2.53. The number of ether oxygens (including phenoxy) is 1. The molecule has 6 heteroatoms. The summed E-state index contributed by atoms with van der Waals surface area (Å²) in [5, 5.41) is 7.80. The number of hydrogen-bond donors (Lipinski definition) is 1. The summed E-state index contributed by atoms with van der Waals surface area (Å²) in [6.07, 6.45) is 1.55. The first-order valence-corrected chi connectivity index (χ1v) is 8.06. The van der Waals surface area contributed by atoms with Crippen LogP contribution in [0.5, 0.6) is 0 Å². The van der Waals surface area contributed by atoms with Gasteiger partial charge in [-0.2, -0.15) is 5.10 Å². The Morgan fingerprint density at radius 3 is 2.52 bits per heavy atom. The number of carbonyl (C=O) groups is 1. The van der Waals surface area contributed by atoms with Gasteiger partial charge in [0.05, 0.1) is 17.3 Å². The number of halogens is 1. The van der Waals surface area contributed by atoms with Crippen LogP contribution in [0.3, 0.4) is 0 Å². The number of carbonyl (C=O) groups excluding carboxylic acids is 1. The smallest absolute Gasteiger partial charge is 0.325 e. The maximum atomic E-state index is 12.0. The van der Waals surface area contributed by atoms with Crippen molar-refractivity contribution in [3.05, 3.63) is 15.9 Å². The van der Waals surface area contributed by atoms with E-state index in [2.05, 4.69) is 26.3 Å². The monoisotopic (exact) mass is 359 g/mol. The summed E-state index contributed by atoms with van der Waals surface area (Å²) in [6, 6.07) is 0.219. The SMILES string of the molecule is COC(=O)C(C)(CCCn1nc(C)c(Br)c1C)NC(C)C. The van der Waals surface area contributed by atoms with Gasteiger partial charge in [-0.05, 0) is 63.4 Å². The highest BCUT2D eigenvalue weighted by Gasteiger charge is 2.34. The van der Waals surface area contributed by atoms with Crippen LogP contribution < -0.4 is 5.32 Å². The van der Waals surface area contributed by atoms with Crippen LogP contribution in [-0.2, 0) is 16.1 Å². The fourth-order valence-corrected chi connectivity index (χ4v) is 2.85. The van der Waals surface area contributed by atoms with E-state index in [1.165, 1.54) is 7.11 Å². The van der Waals surface area contributed by atoms with Crippen molar-refractivity contribution in [2.75, 3.05) is 7.11 Å². The lowest BCUT2D eigenvalue weighted by atomic mass is 9.94. The molecular weight excluding hydrogens is 334 g/mol. The Morgan fingerprint density at radius 2 is 2.10 bits per heavy atom. The maximum Gasteiger partial charge on any atom is 0.325 e. The number of esters is 1. The van der Waals surface area contributed by atoms with Gasteiger partial charge in [0, 0.05) is 18.3 Å². The van der Waals surface area contributed by atoms with Gasteiger partial charge in [-0.25, -0.2) is 0 Å². The molecule has 0 radical (unpaired) electrons. The molecule has 0 saturated carbocycles. The zero-order chi connectivity index (χ0) is 16.2. The second kappa shape index (κ2) is 7.40. The highest BCUT2D eigenvalue weighted by atomic mass is 79.9. The molecule has 0 aliphatic heterocycles. The second-order valence-electron chi connectivity index (χ2n) is 5.93. The van der Waals surface area contributed by atoms with Gasteiger partial charge in [-0.15, -0.1) is 0 Å². The van der Waals surface area contributed by atoms with Crippen molar-refractivity contribution in [3.63, 3.8) is 0 Å². The molecule has 0 amide bonds. The fraction of sp³-hybridized carbons (Fsp3) is 0.733. The molecule has 1 rings (SSSR count). The zero-order valence-electron chi connectivity index (χ0n) is 13.8. The van der Waals surface area contributed by atoms with Crippen LogP contribution in [0.4, 0.5) is 0 Å². The average Bonchev–Trinajstić information content (AvgIpc) is 2.64. The Morgan fingerprint density at radius 1 is 1.48 bits per heavy atom. The molecule has 0 aliphatic rings. The maximum absolute atomic E-state index is 12.0. The molecule has 0 aromatic carbocycles. The molecule has 21 heavy (non-hydrogen) atoms. The lowest BCUT2D eigenvalue weighted by Gasteiger charge is -2.30. The summed E-state index contributed by atoms with van der Waals surface area (Å²) in [5.41, 5.74) is 1.45. The van der Waals surface area contributed by atoms with E-state index in [1.807, 2.05) is 39.3 Å². The first kappa shape index (κ1) is 18.2. The van der Waals surface area contributed by atoms with E-state index in [4.69, 9.17) is 4.74 Å². The summed E-state index contributed by atoms with van der Waals surface area (Å²) in [5.74, 6) is -0.217. The second-order valence-corrected chi connectivity index (χ2v) is 6.73. The molecule has 1 aromatic heterocycles. The van der Waals surface area contributed by atoms with Gasteiger partial charge in [0.25, 0.3) is 0 Å². The third kappa shape index (κ3) is 4.54. The molecule has 120 valence electrons. The number of rotatable bonds is 7. The van der Waals surface area contributed by atoms with E-state index < -0.39 is 5.54 Å². The van der Waals surface area contributed by atoms with Crippen LogP contribution >= 0.6 is 15.9 Å². The number of aromatic nitrogens is 2. The van der Waals surface area contributed by atoms with Crippen LogP contribution in [-0.4, -0.2) is 34.4 Å². The van der Waals surface area contributed by atoms with Gasteiger partial charge in [0.2, 0.25) is 0 Å². The number of aryl methyl sites for hydroxylation is 2. The summed E-state index contributed by atoms with van der Waals surface area (Å²) < 4.78 is 7.97. The first-order chi connectivity index (χ1) is 9.71. The topological polar surface area (TPSA) is 56.2 Å². The van der Waals surface area contributed by atoms with E-state index in [0.717, 1.165) is 28.8 Å². The standard InChI is InChI=1S/C15H26BrN3O2/c1-10(2)17-15(5,14(20)21-6)8-7-9-19-12(4)13(16)11(3)18-19/h10,17H,7-9H2,1-6H3. The van der Waals surface area contributed by atoms with Crippen molar-refractivity contribution in [1.82, 2.24) is 15.1 Å². The summed E-state index contributed by atoms with van der Waals surface area (Å²) in [6.45, 7) is 10.8. The molecule has 0 bridgehead atoms. The highest BCUT2D eigenvalue weighted by molar-refractivity contribution is 9.10. The molecular formula is C15H26BrN3O2. The minimum atomic E-state index is -0.656. The van der Waals surface area contributed by atoms with Crippen LogP contribution in [0.25, 0.3) is 0 Å². The van der Waals surface area contributed by atoms with Crippen molar-refractivity contribution < 1.29 is 9.53 Å². The van der Waals surface area contributed by atoms with Crippen molar-refractivity contribution in [3.8, 4) is 0 Å². The number of nitrogens with one attached hydrogen (secondary N) is 1. The van der Waals surface area contributed by atoms with E-state index in [9.17, 15) is 4.79 Å². The first-order valence-electron chi connectivity index (χ1n) is 7.27. The summed E-state index contributed by atoms with van der Waals surface area (Å²) >= 11 is 3.53. The van der Waals surface area contributed by atoms with Crippen LogP contribution in [0, 0.1) is 13.8 Å². The Hall–Kier alpha value is -0.880.